The van der Waals surface area contributed by atoms with E-state index >= 15 is 0 Å². The van der Waals surface area contributed by atoms with Crippen molar-refractivity contribution < 1.29 is 8.42 Å². The SMILES string of the molecule is CCCNc1ccc(S(=O)(=O)N2CCN(CC)CC2)cc1. The van der Waals surface area contributed by atoms with Crippen molar-refractivity contribution in [2.24, 2.45) is 0 Å². The van der Waals surface area contributed by atoms with Crippen molar-refractivity contribution in [2.75, 3.05) is 44.6 Å². The number of sulfonamides is 1. The van der Waals surface area contributed by atoms with Gasteiger partial charge in [-0.2, -0.15) is 4.31 Å². The summed E-state index contributed by atoms with van der Waals surface area (Å²) in [5.74, 6) is 0. The molecule has 0 aliphatic carbocycles. The molecule has 6 heteroatoms. The fourth-order valence-electron chi connectivity index (χ4n) is 2.45. The van der Waals surface area contributed by atoms with Crippen LogP contribution in [0.2, 0.25) is 0 Å². The number of hydrogen-bond donors (Lipinski definition) is 1. The fourth-order valence-corrected chi connectivity index (χ4v) is 3.87. The van der Waals surface area contributed by atoms with Crippen molar-refractivity contribution in [1.29, 1.82) is 0 Å². The number of nitrogens with one attached hydrogen (secondary N) is 1. The third kappa shape index (κ3) is 3.96. The summed E-state index contributed by atoms with van der Waals surface area (Å²) >= 11 is 0. The van der Waals surface area contributed by atoms with Crippen LogP contribution in [0.4, 0.5) is 5.69 Å². The minimum Gasteiger partial charge on any atom is -0.385 e. The summed E-state index contributed by atoms with van der Waals surface area (Å²) in [6.45, 7) is 8.85. The minimum atomic E-state index is -3.35. The highest BCUT2D eigenvalue weighted by Gasteiger charge is 2.27. The molecule has 0 spiro atoms. The second-order valence-corrected chi connectivity index (χ2v) is 7.23. The second kappa shape index (κ2) is 7.24. The number of rotatable bonds is 6. The first-order valence-electron chi connectivity index (χ1n) is 7.64. The molecular formula is C15H25N3O2S. The molecular weight excluding hydrogens is 286 g/mol. The fraction of sp³-hybridized carbons (Fsp3) is 0.600. The third-order valence-electron chi connectivity index (χ3n) is 3.85. The summed E-state index contributed by atoms with van der Waals surface area (Å²) in [6, 6.07) is 7.06. The Morgan fingerprint density at radius 1 is 1.05 bits per heavy atom. The van der Waals surface area contributed by atoms with Crippen LogP contribution >= 0.6 is 0 Å². The molecule has 21 heavy (non-hydrogen) atoms. The molecule has 118 valence electrons. The van der Waals surface area contributed by atoms with Crippen LogP contribution < -0.4 is 5.32 Å². The molecule has 0 aromatic heterocycles. The van der Waals surface area contributed by atoms with Crippen molar-refractivity contribution in [1.82, 2.24) is 9.21 Å². The maximum Gasteiger partial charge on any atom is 0.243 e. The molecule has 1 aliphatic rings. The summed E-state index contributed by atoms with van der Waals surface area (Å²) in [7, 11) is -3.35. The van der Waals surface area contributed by atoms with Gasteiger partial charge in [0.1, 0.15) is 0 Å². The Balaban J connectivity index is 2.05. The van der Waals surface area contributed by atoms with E-state index in [9.17, 15) is 8.42 Å². The van der Waals surface area contributed by atoms with Crippen LogP contribution in [0, 0.1) is 0 Å². The molecule has 5 nitrogen and oxygen atoms in total. The van der Waals surface area contributed by atoms with Gasteiger partial charge in [-0.15, -0.1) is 0 Å². The zero-order chi connectivity index (χ0) is 15.3. The highest BCUT2D eigenvalue weighted by molar-refractivity contribution is 7.89. The Labute approximate surface area is 128 Å². The highest BCUT2D eigenvalue weighted by Crippen LogP contribution is 2.19. The molecule has 1 aromatic rings. The number of anilines is 1. The van der Waals surface area contributed by atoms with Crippen molar-refractivity contribution in [3.63, 3.8) is 0 Å². The molecule has 2 rings (SSSR count). The topological polar surface area (TPSA) is 52.7 Å². The van der Waals surface area contributed by atoms with E-state index in [-0.39, 0.29) is 0 Å². The predicted molar refractivity (Wildman–Crippen MR) is 86.1 cm³/mol. The number of nitrogens with zero attached hydrogens (tertiary/aromatic N) is 2. The van der Waals surface area contributed by atoms with E-state index in [1.54, 1.807) is 16.4 Å². The van der Waals surface area contributed by atoms with E-state index in [0.29, 0.717) is 18.0 Å². The Kier molecular flexibility index (Phi) is 5.61. The van der Waals surface area contributed by atoms with E-state index in [4.69, 9.17) is 0 Å². The van der Waals surface area contributed by atoms with Gasteiger partial charge in [-0.25, -0.2) is 8.42 Å². The average molecular weight is 311 g/mol. The molecule has 0 radical (unpaired) electrons. The summed E-state index contributed by atoms with van der Waals surface area (Å²) in [5.41, 5.74) is 0.964. The Morgan fingerprint density at radius 2 is 1.67 bits per heavy atom. The van der Waals surface area contributed by atoms with E-state index in [0.717, 1.165) is 38.3 Å². The second-order valence-electron chi connectivity index (χ2n) is 5.29. The molecule has 0 amide bonds. The number of hydrogen-bond acceptors (Lipinski definition) is 4. The van der Waals surface area contributed by atoms with Crippen molar-refractivity contribution in [3.05, 3.63) is 24.3 Å². The van der Waals surface area contributed by atoms with Crippen LogP contribution in [-0.4, -0.2) is 56.9 Å². The van der Waals surface area contributed by atoms with E-state index in [1.165, 1.54) is 0 Å². The molecule has 1 fully saturated rings. The van der Waals surface area contributed by atoms with Gasteiger partial charge < -0.3 is 10.2 Å². The van der Waals surface area contributed by atoms with Gasteiger partial charge in [0.05, 0.1) is 4.90 Å². The number of piperazine rings is 1. The Morgan fingerprint density at radius 3 is 2.19 bits per heavy atom. The summed E-state index contributed by atoms with van der Waals surface area (Å²) in [5, 5.41) is 3.25. The van der Waals surface area contributed by atoms with Crippen LogP contribution in [0.5, 0.6) is 0 Å². The average Bonchev–Trinajstić information content (AvgIpc) is 2.53. The van der Waals surface area contributed by atoms with Gasteiger partial charge in [-0.1, -0.05) is 13.8 Å². The van der Waals surface area contributed by atoms with Crippen LogP contribution in [0.15, 0.2) is 29.2 Å². The van der Waals surface area contributed by atoms with Gasteiger partial charge in [0.25, 0.3) is 0 Å². The quantitative estimate of drug-likeness (QED) is 0.871. The van der Waals surface area contributed by atoms with E-state index in [2.05, 4.69) is 24.1 Å². The molecule has 1 aliphatic heterocycles. The first-order valence-corrected chi connectivity index (χ1v) is 9.08. The Hall–Kier alpha value is -1.11. The largest absolute Gasteiger partial charge is 0.385 e. The van der Waals surface area contributed by atoms with Gasteiger partial charge in [-0.3, -0.25) is 0 Å². The first kappa shape index (κ1) is 16.3. The van der Waals surface area contributed by atoms with Crippen LogP contribution in [0.3, 0.4) is 0 Å². The van der Waals surface area contributed by atoms with Gasteiger partial charge >= 0.3 is 0 Å². The van der Waals surface area contributed by atoms with Crippen molar-refractivity contribution in [3.8, 4) is 0 Å². The molecule has 0 saturated carbocycles. The molecule has 0 atom stereocenters. The summed E-state index contributed by atoms with van der Waals surface area (Å²) in [4.78, 5) is 2.65. The third-order valence-corrected chi connectivity index (χ3v) is 5.76. The minimum absolute atomic E-state index is 0.384. The first-order chi connectivity index (χ1) is 10.1. The van der Waals surface area contributed by atoms with Gasteiger partial charge in [0.15, 0.2) is 0 Å². The monoisotopic (exact) mass is 311 g/mol. The van der Waals surface area contributed by atoms with Gasteiger partial charge in [0, 0.05) is 38.4 Å². The number of benzene rings is 1. The van der Waals surface area contributed by atoms with E-state index < -0.39 is 10.0 Å². The van der Waals surface area contributed by atoms with Crippen LogP contribution in [0.1, 0.15) is 20.3 Å². The molecule has 1 heterocycles. The zero-order valence-corrected chi connectivity index (χ0v) is 13.7. The highest BCUT2D eigenvalue weighted by atomic mass is 32.2. The molecule has 0 bridgehead atoms. The van der Waals surface area contributed by atoms with Crippen molar-refractivity contribution >= 4 is 15.7 Å². The number of likely N-dealkylation sites (N-methyl/N-ethyl adjacent to an activating group) is 1. The normalized spacial score (nSPS) is 17.8. The summed E-state index contributed by atoms with van der Waals surface area (Å²) in [6.07, 6.45) is 1.04. The molecule has 1 saturated heterocycles. The molecule has 1 aromatic carbocycles. The predicted octanol–water partition coefficient (Wildman–Crippen LogP) is 1.83. The lowest BCUT2D eigenvalue weighted by molar-refractivity contribution is 0.196. The van der Waals surface area contributed by atoms with Crippen molar-refractivity contribution in [2.45, 2.75) is 25.2 Å². The maximum atomic E-state index is 12.6. The lowest BCUT2D eigenvalue weighted by atomic mass is 10.3. The van der Waals surface area contributed by atoms with Gasteiger partial charge in [-0.05, 0) is 37.2 Å². The van der Waals surface area contributed by atoms with Crippen LogP contribution in [0.25, 0.3) is 0 Å². The Bertz CT molecular complexity index is 535. The lowest BCUT2D eigenvalue weighted by Crippen LogP contribution is -2.48. The standard InChI is InChI=1S/C15H25N3O2S/c1-3-9-16-14-5-7-15(8-6-14)21(19,20)18-12-10-17(4-2)11-13-18/h5-8,16H,3-4,9-13H2,1-2H3. The summed E-state index contributed by atoms with van der Waals surface area (Å²) < 4.78 is 26.8. The van der Waals surface area contributed by atoms with Gasteiger partial charge in [0.2, 0.25) is 10.0 Å². The zero-order valence-electron chi connectivity index (χ0n) is 12.9. The lowest BCUT2D eigenvalue weighted by Gasteiger charge is -2.33. The van der Waals surface area contributed by atoms with E-state index in [1.807, 2.05) is 12.1 Å². The molecule has 1 N–H and O–H groups in total. The smallest absolute Gasteiger partial charge is 0.243 e. The van der Waals surface area contributed by atoms with Crippen LogP contribution in [-0.2, 0) is 10.0 Å². The maximum absolute atomic E-state index is 12.6. The molecule has 0 unspecified atom stereocenters.